The summed E-state index contributed by atoms with van der Waals surface area (Å²) in [6, 6.07) is 6.38. The Labute approximate surface area is 124 Å². The van der Waals surface area contributed by atoms with E-state index < -0.39 is 0 Å². The first kappa shape index (κ1) is 15.2. The van der Waals surface area contributed by atoms with Crippen molar-refractivity contribution in [1.29, 1.82) is 0 Å². The van der Waals surface area contributed by atoms with Crippen molar-refractivity contribution in [3.63, 3.8) is 0 Å². The Kier molecular flexibility index (Phi) is 4.40. The molecule has 112 valence electrons. The molecular weight excluding hydrogens is 269 g/mol. The third-order valence-electron chi connectivity index (χ3n) is 3.36. The maximum Gasteiger partial charge on any atom is 0.226 e. The minimum Gasteiger partial charge on any atom is -0.311 e. The van der Waals surface area contributed by atoms with Gasteiger partial charge in [0.25, 0.3) is 0 Å². The zero-order valence-corrected chi connectivity index (χ0v) is 12.8. The molecule has 21 heavy (non-hydrogen) atoms. The van der Waals surface area contributed by atoms with Gasteiger partial charge in [0, 0.05) is 23.7 Å². The largest absolute Gasteiger partial charge is 0.311 e. The highest BCUT2D eigenvalue weighted by Crippen LogP contribution is 2.29. The number of nitrogens with one attached hydrogen (secondary N) is 1. The van der Waals surface area contributed by atoms with Crippen molar-refractivity contribution in [3.05, 3.63) is 35.8 Å². The molecule has 0 saturated carbocycles. The zero-order chi connectivity index (χ0) is 15.6. The lowest BCUT2D eigenvalue weighted by atomic mass is 10.1. The molecular formula is C16H20FN3O. The summed E-state index contributed by atoms with van der Waals surface area (Å²) in [5.41, 5.74) is 2.54. The Morgan fingerprint density at radius 3 is 2.48 bits per heavy atom. The summed E-state index contributed by atoms with van der Waals surface area (Å²) in [5.74, 6) is 0.181. The van der Waals surface area contributed by atoms with Gasteiger partial charge in [-0.3, -0.25) is 10.1 Å². The molecule has 0 fully saturated rings. The van der Waals surface area contributed by atoms with E-state index in [1.165, 1.54) is 12.1 Å². The molecule has 1 amide bonds. The molecule has 0 unspecified atom stereocenters. The molecule has 1 aromatic carbocycles. The monoisotopic (exact) mass is 289 g/mol. The normalized spacial score (nSPS) is 11.0. The molecule has 0 saturated heterocycles. The standard InChI is InChI=1S/C16H20FN3O/c1-5-14(21)18-16-19-15(11(4)20(16)10(2)3)12-6-8-13(17)9-7-12/h6-10H,5H2,1-4H3,(H,18,19,21). The van der Waals surface area contributed by atoms with Crippen LogP contribution < -0.4 is 5.32 Å². The van der Waals surface area contributed by atoms with Gasteiger partial charge in [-0.15, -0.1) is 0 Å². The highest BCUT2D eigenvalue weighted by atomic mass is 19.1. The summed E-state index contributed by atoms with van der Waals surface area (Å²) in [6.07, 6.45) is 0.399. The van der Waals surface area contributed by atoms with Crippen molar-refractivity contribution in [3.8, 4) is 11.3 Å². The Balaban J connectivity index is 2.50. The summed E-state index contributed by atoms with van der Waals surface area (Å²) in [4.78, 5) is 16.2. The smallest absolute Gasteiger partial charge is 0.226 e. The molecule has 0 bridgehead atoms. The Morgan fingerprint density at radius 2 is 1.95 bits per heavy atom. The van der Waals surface area contributed by atoms with Crippen LogP contribution in [0, 0.1) is 12.7 Å². The Morgan fingerprint density at radius 1 is 1.33 bits per heavy atom. The van der Waals surface area contributed by atoms with Crippen LogP contribution in [0.4, 0.5) is 10.3 Å². The summed E-state index contributed by atoms with van der Waals surface area (Å²) >= 11 is 0. The molecule has 4 nitrogen and oxygen atoms in total. The fourth-order valence-electron chi connectivity index (χ4n) is 2.33. The van der Waals surface area contributed by atoms with Gasteiger partial charge in [-0.05, 0) is 45.0 Å². The number of benzene rings is 1. The number of hydrogen-bond donors (Lipinski definition) is 1. The van der Waals surface area contributed by atoms with Crippen LogP contribution in [0.15, 0.2) is 24.3 Å². The maximum atomic E-state index is 13.1. The van der Waals surface area contributed by atoms with Crippen molar-refractivity contribution in [2.45, 2.75) is 40.2 Å². The van der Waals surface area contributed by atoms with Gasteiger partial charge in [-0.2, -0.15) is 0 Å². The lowest BCUT2D eigenvalue weighted by molar-refractivity contribution is -0.115. The molecule has 0 radical (unpaired) electrons. The maximum absolute atomic E-state index is 13.1. The zero-order valence-electron chi connectivity index (χ0n) is 12.8. The minimum atomic E-state index is -0.279. The average molecular weight is 289 g/mol. The van der Waals surface area contributed by atoms with E-state index >= 15 is 0 Å². The number of imidazole rings is 1. The lowest BCUT2D eigenvalue weighted by Gasteiger charge is -2.14. The fourth-order valence-corrected chi connectivity index (χ4v) is 2.33. The van der Waals surface area contributed by atoms with Crippen LogP contribution in [0.1, 0.15) is 38.9 Å². The van der Waals surface area contributed by atoms with Crippen molar-refractivity contribution in [1.82, 2.24) is 9.55 Å². The van der Waals surface area contributed by atoms with E-state index in [0.717, 1.165) is 17.0 Å². The van der Waals surface area contributed by atoms with E-state index in [0.29, 0.717) is 12.4 Å². The summed E-state index contributed by atoms with van der Waals surface area (Å²) in [7, 11) is 0. The van der Waals surface area contributed by atoms with Gasteiger partial charge in [-0.25, -0.2) is 9.37 Å². The second-order valence-electron chi connectivity index (χ2n) is 5.24. The molecule has 2 rings (SSSR count). The third kappa shape index (κ3) is 3.12. The molecule has 2 aromatic rings. The first-order valence-electron chi connectivity index (χ1n) is 7.08. The Hall–Kier alpha value is -2.17. The third-order valence-corrected chi connectivity index (χ3v) is 3.36. The van der Waals surface area contributed by atoms with Crippen molar-refractivity contribution >= 4 is 11.9 Å². The van der Waals surface area contributed by atoms with Crippen LogP contribution in [0.3, 0.4) is 0 Å². The van der Waals surface area contributed by atoms with Gasteiger partial charge >= 0.3 is 0 Å². The molecule has 1 N–H and O–H groups in total. The number of amides is 1. The van der Waals surface area contributed by atoms with E-state index in [1.807, 2.05) is 25.3 Å². The number of carbonyl (C=O) groups is 1. The van der Waals surface area contributed by atoms with Crippen molar-refractivity contribution < 1.29 is 9.18 Å². The lowest BCUT2D eigenvalue weighted by Crippen LogP contribution is -2.16. The quantitative estimate of drug-likeness (QED) is 0.927. The molecule has 0 aliphatic heterocycles. The topological polar surface area (TPSA) is 46.9 Å². The minimum absolute atomic E-state index is 0.0763. The van der Waals surface area contributed by atoms with Crippen LogP contribution in [0.25, 0.3) is 11.3 Å². The van der Waals surface area contributed by atoms with Crippen molar-refractivity contribution in [2.75, 3.05) is 5.32 Å². The van der Waals surface area contributed by atoms with E-state index in [2.05, 4.69) is 10.3 Å². The van der Waals surface area contributed by atoms with Crippen molar-refractivity contribution in [2.24, 2.45) is 0 Å². The number of hydrogen-bond acceptors (Lipinski definition) is 2. The number of halogens is 1. The molecule has 0 spiro atoms. The van der Waals surface area contributed by atoms with E-state index in [4.69, 9.17) is 0 Å². The summed E-state index contributed by atoms with van der Waals surface area (Å²) in [6.45, 7) is 7.81. The number of anilines is 1. The van der Waals surface area contributed by atoms with E-state index in [-0.39, 0.29) is 17.8 Å². The van der Waals surface area contributed by atoms with E-state index in [1.54, 1.807) is 19.1 Å². The van der Waals surface area contributed by atoms with Gasteiger partial charge in [0.2, 0.25) is 11.9 Å². The molecule has 0 atom stereocenters. The molecule has 5 heteroatoms. The van der Waals surface area contributed by atoms with E-state index in [9.17, 15) is 9.18 Å². The van der Waals surface area contributed by atoms with Crippen LogP contribution >= 0.6 is 0 Å². The predicted octanol–water partition coefficient (Wildman–Crippen LogP) is 3.93. The van der Waals surface area contributed by atoms with Crippen LogP contribution in [-0.4, -0.2) is 15.5 Å². The van der Waals surface area contributed by atoms with Gasteiger partial charge in [0.1, 0.15) is 5.82 Å². The highest BCUT2D eigenvalue weighted by molar-refractivity contribution is 5.89. The predicted molar refractivity (Wildman–Crippen MR) is 81.7 cm³/mol. The van der Waals surface area contributed by atoms with Crippen LogP contribution in [-0.2, 0) is 4.79 Å². The summed E-state index contributed by atoms with van der Waals surface area (Å²) in [5, 5.41) is 2.82. The second-order valence-corrected chi connectivity index (χ2v) is 5.24. The summed E-state index contributed by atoms with van der Waals surface area (Å²) < 4.78 is 15.0. The van der Waals surface area contributed by atoms with Gasteiger partial charge in [0.05, 0.1) is 5.69 Å². The number of carbonyl (C=O) groups excluding carboxylic acids is 1. The first-order chi connectivity index (χ1) is 9.93. The molecule has 1 aromatic heterocycles. The number of aromatic nitrogens is 2. The first-order valence-corrected chi connectivity index (χ1v) is 7.08. The molecule has 0 aliphatic rings. The fraction of sp³-hybridized carbons (Fsp3) is 0.375. The van der Waals surface area contributed by atoms with Gasteiger partial charge in [0.15, 0.2) is 0 Å². The van der Waals surface area contributed by atoms with Crippen LogP contribution in [0.2, 0.25) is 0 Å². The highest BCUT2D eigenvalue weighted by Gasteiger charge is 2.18. The van der Waals surface area contributed by atoms with Gasteiger partial charge < -0.3 is 4.57 Å². The molecule has 0 aliphatic carbocycles. The second kappa shape index (κ2) is 6.08. The van der Waals surface area contributed by atoms with Crippen LogP contribution in [0.5, 0.6) is 0 Å². The van der Waals surface area contributed by atoms with Gasteiger partial charge in [-0.1, -0.05) is 6.92 Å². The number of rotatable bonds is 4. The number of nitrogens with zero attached hydrogens (tertiary/aromatic N) is 2. The SMILES string of the molecule is CCC(=O)Nc1nc(-c2ccc(F)cc2)c(C)n1C(C)C. The Bertz CT molecular complexity index is 644. The molecule has 1 heterocycles. The average Bonchev–Trinajstić information content (AvgIpc) is 2.76.